The van der Waals surface area contributed by atoms with Gasteiger partial charge in [-0.3, -0.25) is 4.98 Å². The van der Waals surface area contributed by atoms with Crippen molar-refractivity contribution >= 4 is 21.6 Å². The van der Waals surface area contributed by atoms with Crippen molar-refractivity contribution < 1.29 is 4.74 Å². The highest BCUT2D eigenvalue weighted by atomic mass is 79.9. The van der Waals surface area contributed by atoms with Crippen LogP contribution in [-0.2, 0) is 0 Å². The van der Waals surface area contributed by atoms with Crippen LogP contribution in [-0.4, -0.2) is 12.1 Å². The van der Waals surface area contributed by atoms with Crippen molar-refractivity contribution in [1.29, 1.82) is 0 Å². The van der Waals surface area contributed by atoms with Gasteiger partial charge < -0.3 is 10.5 Å². The van der Waals surface area contributed by atoms with Crippen LogP contribution in [0.25, 0.3) is 11.1 Å². The lowest BCUT2D eigenvalue weighted by molar-refractivity contribution is 0.416. The summed E-state index contributed by atoms with van der Waals surface area (Å²) in [6.07, 6.45) is 3.35. The van der Waals surface area contributed by atoms with E-state index in [4.69, 9.17) is 10.5 Å². The highest BCUT2D eigenvalue weighted by Gasteiger charge is 2.11. The monoisotopic (exact) mass is 278 g/mol. The second-order valence-corrected chi connectivity index (χ2v) is 4.13. The number of aromatic nitrogens is 1. The van der Waals surface area contributed by atoms with Crippen LogP contribution >= 0.6 is 15.9 Å². The smallest absolute Gasteiger partial charge is 0.127 e. The van der Waals surface area contributed by atoms with Gasteiger partial charge in [-0.15, -0.1) is 0 Å². The fourth-order valence-electron chi connectivity index (χ4n) is 1.57. The summed E-state index contributed by atoms with van der Waals surface area (Å²) >= 11 is 3.50. The van der Waals surface area contributed by atoms with Crippen LogP contribution in [0.2, 0.25) is 0 Å². The molecular weight excluding hydrogens is 268 g/mol. The summed E-state index contributed by atoms with van der Waals surface area (Å²) in [6.45, 7) is 0. The van der Waals surface area contributed by atoms with Crippen LogP contribution < -0.4 is 10.5 Å². The fourth-order valence-corrected chi connectivity index (χ4v) is 2.13. The van der Waals surface area contributed by atoms with E-state index in [1.54, 1.807) is 19.5 Å². The van der Waals surface area contributed by atoms with Crippen molar-refractivity contribution in [2.45, 2.75) is 0 Å². The molecule has 82 valence electrons. The molecule has 0 amide bonds. The Hall–Kier alpha value is -1.55. The molecule has 2 N–H and O–H groups in total. The van der Waals surface area contributed by atoms with Gasteiger partial charge in [-0.25, -0.2) is 0 Å². The first-order chi connectivity index (χ1) is 7.74. The molecule has 1 aromatic carbocycles. The highest BCUT2D eigenvalue weighted by molar-refractivity contribution is 9.10. The zero-order valence-electron chi connectivity index (χ0n) is 8.77. The molecule has 0 aliphatic carbocycles. The van der Waals surface area contributed by atoms with Crippen LogP contribution in [0.1, 0.15) is 0 Å². The van der Waals surface area contributed by atoms with E-state index in [1.807, 2.05) is 24.3 Å². The Morgan fingerprint density at radius 1 is 1.31 bits per heavy atom. The van der Waals surface area contributed by atoms with Gasteiger partial charge in [0.15, 0.2) is 0 Å². The zero-order valence-corrected chi connectivity index (χ0v) is 10.4. The van der Waals surface area contributed by atoms with Crippen LogP contribution in [0, 0.1) is 0 Å². The molecule has 2 rings (SSSR count). The minimum absolute atomic E-state index is 0.632. The minimum atomic E-state index is 0.632. The molecule has 0 bridgehead atoms. The van der Waals surface area contributed by atoms with Crippen molar-refractivity contribution in [1.82, 2.24) is 4.98 Å². The molecule has 0 unspecified atom stereocenters. The maximum Gasteiger partial charge on any atom is 0.127 e. The third kappa shape index (κ3) is 1.88. The van der Waals surface area contributed by atoms with Crippen molar-refractivity contribution in [2.24, 2.45) is 0 Å². The summed E-state index contributed by atoms with van der Waals surface area (Å²) in [6, 6.07) is 7.65. The van der Waals surface area contributed by atoms with Gasteiger partial charge >= 0.3 is 0 Å². The molecule has 2 aromatic rings. The lowest BCUT2D eigenvalue weighted by Gasteiger charge is -2.12. The van der Waals surface area contributed by atoms with Crippen molar-refractivity contribution in [3.05, 3.63) is 41.1 Å². The average molecular weight is 279 g/mol. The van der Waals surface area contributed by atoms with Gasteiger partial charge in [-0.1, -0.05) is 22.0 Å². The molecule has 0 aliphatic heterocycles. The van der Waals surface area contributed by atoms with Gasteiger partial charge in [0.25, 0.3) is 0 Å². The number of hydrogen-bond donors (Lipinski definition) is 1. The highest BCUT2D eigenvalue weighted by Crippen LogP contribution is 2.38. The van der Waals surface area contributed by atoms with E-state index in [2.05, 4.69) is 20.9 Å². The van der Waals surface area contributed by atoms with Gasteiger partial charge in [0.2, 0.25) is 0 Å². The number of methoxy groups -OCH3 is 1. The molecule has 0 spiro atoms. The summed E-state index contributed by atoms with van der Waals surface area (Å²) < 4.78 is 6.28. The zero-order chi connectivity index (χ0) is 11.5. The van der Waals surface area contributed by atoms with E-state index < -0.39 is 0 Å². The molecule has 0 atom stereocenters. The average Bonchev–Trinajstić information content (AvgIpc) is 2.30. The molecule has 16 heavy (non-hydrogen) atoms. The van der Waals surface area contributed by atoms with Crippen LogP contribution in [0.15, 0.2) is 41.1 Å². The second-order valence-electron chi connectivity index (χ2n) is 3.28. The quantitative estimate of drug-likeness (QED) is 0.918. The largest absolute Gasteiger partial charge is 0.496 e. The number of benzene rings is 1. The molecule has 0 radical (unpaired) electrons. The first kappa shape index (κ1) is 11.0. The van der Waals surface area contributed by atoms with Gasteiger partial charge in [-0.05, 0) is 18.2 Å². The van der Waals surface area contributed by atoms with E-state index in [0.717, 1.165) is 21.3 Å². The second kappa shape index (κ2) is 4.53. The molecule has 1 aromatic heterocycles. The summed E-state index contributed by atoms with van der Waals surface area (Å²) in [5.74, 6) is 0.785. The van der Waals surface area contributed by atoms with Gasteiger partial charge in [-0.2, -0.15) is 0 Å². The van der Waals surface area contributed by atoms with E-state index in [0.29, 0.717) is 5.69 Å². The number of rotatable bonds is 2. The van der Waals surface area contributed by atoms with Gasteiger partial charge in [0.1, 0.15) is 5.75 Å². The maximum absolute atomic E-state index is 5.91. The van der Waals surface area contributed by atoms with Gasteiger partial charge in [0.05, 0.1) is 19.0 Å². The van der Waals surface area contributed by atoms with Crippen molar-refractivity contribution in [2.75, 3.05) is 12.8 Å². The third-order valence-electron chi connectivity index (χ3n) is 2.32. The van der Waals surface area contributed by atoms with E-state index in [9.17, 15) is 0 Å². The summed E-state index contributed by atoms with van der Waals surface area (Å²) in [4.78, 5) is 3.97. The van der Waals surface area contributed by atoms with Crippen LogP contribution in [0.3, 0.4) is 0 Å². The number of anilines is 1. The first-order valence-electron chi connectivity index (χ1n) is 4.76. The van der Waals surface area contributed by atoms with Gasteiger partial charge in [0, 0.05) is 21.8 Å². The fraction of sp³-hybridized carbons (Fsp3) is 0.0833. The molecule has 3 nitrogen and oxygen atoms in total. The first-order valence-corrected chi connectivity index (χ1v) is 5.55. The number of pyridine rings is 1. The van der Waals surface area contributed by atoms with E-state index in [1.165, 1.54) is 0 Å². The number of nitrogen functional groups attached to an aromatic ring is 1. The minimum Gasteiger partial charge on any atom is -0.496 e. The maximum atomic E-state index is 5.91. The molecule has 0 saturated heterocycles. The Bertz CT molecular complexity index is 514. The number of nitrogens with zero attached hydrogens (tertiary/aromatic N) is 1. The molecule has 1 heterocycles. The summed E-state index contributed by atoms with van der Waals surface area (Å²) in [7, 11) is 1.64. The number of ether oxygens (including phenoxy) is 1. The molecule has 0 saturated carbocycles. The summed E-state index contributed by atoms with van der Waals surface area (Å²) in [5, 5.41) is 0. The van der Waals surface area contributed by atoms with Crippen molar-refractivity contribution in [3.63, 3.8) is 0 Å². The predicted molar refractivity (Wildman–Crippen MR) is 68.3 cm³/mol. The normalized spacial score (nSPS) is 10.1. The van der Waals surface area contributed by atoms with E-state index in [-0.39, 0.29) is 0 Å². The number of hydrogen-bond acceptors (Lipinski definition) is 3. The lowest BCUT2D eigenvalue weighted by Crippen LogP contribution is -1.94. The van der Waals surface area contributed by atoms with E-state index >= 15 is 0 Å². The predicted octanol–water partition coefficient (Wildman–Crippen LogP) is 3.10. The van der Waals surface area contributed by atoms with Crippen molar-refractivity contribution in [3.8, 4) is 16.9 Å². The molecule has 0 aliphatic rings. The Morgan fingerprint density at radius 2 is 2.12 bits per heavy atom. The standard InChI is InChI=1S/C12H11BrN2O/c1-16-11-4-2-3-9(13)12(11)8-5-6-15-7-10(8)14/h2-7H,14H2,1H3. The topological polar surface area (TPSA) is 48.1 Å². The lowest BCUT2D eigenvalue weighted by atomic mass is 10.0. The SMILES string of the molecule is COc1cccc(Br)c1-c1ccncc1N. The molecular formula is C12H11BrN2O. The third-order valence-corrected chi connectivity index (χ3v) is 2.98. The van der Waals surface area contributed by atoms with Crippen LogP contribution in [0.5, 0.6) is 5.75 Å². The number of nitrogens with two attached hydrogens (primary N) is 1. The Morgan fingerprint density at radius 3 is 2.81 bits per heavy atom. The van der Waals surface area contributed by atoms with Crippen LogP contribution in [0.4, 0.5) is 5.69 Å². The Balaban J connectivity index is 2.68. The molecule has 4 heteroatoms. The number of halogens is 1. The molecule has 0 fully saturated rings. The Labute approximate surface area is 102 Å². The Kier molecular flexibility index (Phi) is 3.10. The summed E-state index contributed by atoms with van der Waals surface area (Å²) in [5.41, 5.74) is 8.40.